The van der Waals surface area contributed by atoms with Crippen LogP contribution >= 0.6 is 0 Å². The lowest BCUT2D eigenvalue weighted by molar-refractivity contribution is -0.144. The molecule has 1 aromatic rings. The van der Waals surface area contributed by atoms with Crippen LogP contribution in [0.5, 0.6) is 0 Å². The Morgan fingerprint density at radius 1 is 1.47 bits per heavy atom. The summed E-state index contributed by atoms with van der Waals surface area (Å²) in [4.78, 5) is 11.4. The molecule has 0 N–H and O–H groups in total. The Hall–Kier alpha value is -1.35. The second kappa shape index (κ2) is 3.66. The maximum absolute atomic E-state index is 11.4. The van der Waals surface area contributed by atoms with Gasteiger partial charge in [-0.1, -0.05) is 30.3 Å². The van der Waals surface area contributed by atoms with Gasteiger partial charge in [-0.3, -0.25) is 0 Å². The van der Waals surface area contributed by atoms with Crippen molar-refractivity contribution in [2.75, 3.05) is 6.61 Å². The van der Waals surface area contributed by atoms with Crippen LogP contribution in [0.2, 0.25) is 0 Å². The molecule has 0 bridgehead atoms. The van der Waals surface area contributed by atoms with Crippen LogP contribution in [-0.2, 0) is 19.9 Å². The van der Waals surface area contributed by atoms with Crippen molar-refractivity contribution < 1.29 is 14.3 Å². The van der Waals surface area contributed by atoms with E-state index in [0.717, 1.165) is 5.56 Å². The lowest BCUT2D eigenvalue weighted by Gasteiger charge is -2.05. The number of carbonyl (C=O) groups is 1. The zero-order valence-electron chi connectivity index (χ0n) is 8.90. The van der Waals surface area contributed by atoms with Crippen LogP contribution in [0.25, 0.3) is 0 Å². The summed E-state index contributed by atoms with van der Waals surface area (Å²) >= 11 is 0. The van der Waals surface area contributed by atoms with E-state index in [2.05, 4.69) is 0 Å². The normalized spacial score (nSPS) is 28.5. The second-order valence-electron chi connectivity index (χ2n) is 3.72. The zero-order valence-corrected chi connectivity index (χ0v) is 8.90. The minimum atomic E-state index is -0.493. The number of benzene rings is 1. The Kier molecular flexibility index (Phi) is 2.49. The molecule has 15 heavy (non-hydrogen) atoms. The highest BCUT2D eigenvalue weighted by molar-refractivity contribution is 5.79. The van der Waals surface area contributed by atoms with E-state index in [1.165, 1.54) is 0 Å². The Morgan fingerprint density at radius 2 is 2.13 bits per heavy atom. The van der Waals surface area contributed by atoms with Crippen LogP contribution < -0.4 is 0 Å². The van der Waals surface area contributed by atoms with Crippen LogP contribution in [0.15, 0.2) is 30.3 Å². The van der Waals surface area contributed by atoms with Crippen molar-refractivity contribution in [3.05, 3.63) is 35.9 Å². The molecule has 1 heterocycles. The fraction of sp³-hybridized carbons (Fsp3) is 0.417. The van der Waals surface area contributed by atoms with E-state index < -0.39 is 11.7 Å². The van der Waals surface area contributed by atoms with Crippen molar-refractivity contribution in [2.45, 2.75) is 25.6 Å². The van der Waals surface area contributed by atoms with E-state index >= 15 is 0 Å². The maximum Gasteiger partial charge on any atom is 0.338 e. The Morgan fingerprint density at radius 3 is 2.73 bits per heavy atom. The fourth-order valence-corrected chi connectivity index (χ4v) is 1.69. The van der Waals surface area contributed by atoms with E-state index in [9.17, 15) is 4.79 Å². The van der Waals surface area contributed by atoms with Crippen molar-refractivity contribution in [1.82, 2.24) is 0 Å². The molecule has 2 rings (SSSR count). The highest BCUT2D eigenvalue weighted by Crippen LogP contribution is 2.46. The molecule has 2 atom stereocenters. The summed E-state index contributed by atoms with van der Waals surface area (Å²) in [5.41, 5.74) is 0.524. The lowest BCUT2D eigenvalue weighted by atomic mass is 9.97. The van der Waals surface area contributed by atoms with Crippen LogP contribution in [0.4, 0.5) is 0 Å². The molecule has 0 spiro atoms. The van der Waals surface area contributed by atoms with Gasteiger partial charge in [0.2, 0.25) is 0 Å². The molecule has 0 aromatic heterocycles. The molecule has 1 saturated heterocycles. The van der Waals surface area contributed by atoms with E-state index in [0.29, 0.717) is 6.61 Å². The van der Waals surface area contributed by atoms with Gasteiger partial charge >= 0.3 is 5.97 Å². The van der Waals surface area contributed by atoms with E-state index in [1.54, 1.807) is 6.92 Å². The number of ether oxygens (including phenoxy) is 2. The molecule has 0 saturated carbocycles. The molecule has 1 unspecified atom stereocenters. The summed E-state index contributed by atoms with van der Waals surface area (Å²) in [5.74, 6) is -0.274. The monoisotopic (exact) mass is 206 g/mol. The van der Waals surface area contributed by atoms with Crippen LogP contribution in [-0.4, -0.2) is 18.7 Å². The number of hydrogen-bond acceptors (Lipinski definition) is 3. The van der Waals surface area contributed by atoms with Gasteiger partial charge in [0.1, 0.15) is 5.60 Å². The second-order valence-corrected chi connectivity index (χ2v) is 3.72. The van der Waals surface area contributed by atoms with Crippen molar-refractivity contribution in [3.8, 4) is 0 Å². The highest BCUT2D eigenvalue weighted by atomic mass is 16.7. The van der Waals surface area contributed by atoms with Crippen molar-refractivity contribution >= 4 is 5.97 Å². The molecule has 0 radical (unpaired) electrons. The number of rotatable bonds is 3. The molecular formula is C12H14O3. The first-order chi connectivity index (χ1) is 7.18. The van der Waals surface area contributed by atoms with Crippen molar-refractivity contribution in [3.63, 3.8) is 0 Å². The molecule has 0 amide bonds. The summed E-state index contributed by atoms with van der Waals surface area (Å²) in [6.07, 6.45) is -0.445. The van der Waals surface area contributed by atoms with Crippen LogP contribution in [0.3, 0.4) is 0 Å². The van der Waals surface area contributed by atoms with Gasteiger partial charge in [0.25, 0.3) is 0 Å². The van der Waals surface area contributed by atoms with E-state index in [1.807, 2.05) is 37.3 Å². The first-order valence-corrected chi connectivity index (χ1v) is 5.08. The first-order valence-electron chi connectivity index (χ1n) is 5.08. The number of hydrogen-bond donors (Lipinski definition) is 0. The smallest absolute Gasteiger partial charge is 0.338 e. The highest BCUT2D eigenvalue weighted by Gasteiger charge is 2.59. The summed E-state index contributed by atoms with van der Waals surface area (Å²) in [5, 5.41) is 0. The fourth-order valence-electron chi connectivity index (χ4n) is 1.69. The van der Waals surface area contributed by atoms with Gasteiger partial charge in [-0.25, -0.2) is 4.79 Å². The third kappa shape index (κ3) is 1.75. The van der Waals surface area contributed by atoms with Gasteiger partial charge in [0.05, 0.1) is 6.61 Å². The molecular weight excluding hydrogens is 192 g/mol. The average molecular weight is 206 g/mol. The summed E-state index contributed by atoms with van der Waals surface area (Å²) in [6.45, 7) is 4.09. The molecule has 80 valence electrons. The van der Waals surface area contributed by atoms with Crippen molar-refractivity contribution in [2.24, 2.45) is 0 Å². The predicted octanol–water partition coefficient (Wildman–Crippen LogP) is 1.86. The molecule has 1 aliphatic rings. The summed E-state index contributed by atoms with van der Waals surface area (Å²) in [7, 11) is 0. The van der Waals surface area contributed by atoms with E-state index in [4.69, 9.17) is 9.47 Å². The quantitative estimate of drug-likeness (QED) is 0.559. The minimum Gasteiger partial charge on any atom is -0.464 e. The van der Waals surface area contributed by atoms with Gasteiger partial charge in [0, 0.05) is 0 Å². The maximum atomic E-state index is 11.4. The summed E-state index contributed by atoms with van der Waals surface area (Å²) in [6, 6.07) is 9.72. The molecule has 1 fully saturated rings. The third-order valence-corrected chi connectivity index (χ3v) is 2.65. The minimum absolute atomic E-state index is 0.274. The number of epoxide rings is 1. The Labute approximate surface area is 89.0 Å². The zero-order chi connectivity index (χ0) is 10.9. The number of carbonyl (C=O) groups excluding carboxylic acids is 1. The summed E-state index contributed by atoms with van der Waals surface area (Å²) < 4.78 is 10.3. The average Bonchev–Trinajstić information content (AvgIpc) is 2.94. The first kappa shape index (κ1) is 10.2. The Balaban J connectivity index is 2.10. The van der Waals surface area contributed by atoms with Gasteiger partial charge in [-0.2, -0.15) is 0 Å². The molecule has 1 aromatic carbocycles. The lowest BCUT2D eigenvalue weighted by Crippen LogP contribution is -2.18. The van der Waals surface area contributed by atoms with Crippen LogP contribution in [0, 0.1) is 0 Å². The standard InChI is InChI=1S/C12H14O3/c1-3-14-11(13)10-12(2,15-10)9-7-5-4-6-8-9/h4-8,10H,3H2,1-2H3/t10?,12-/m0/s1. The Bertz CT molecular complexity index is 360. The molecule has 0 aliphatic carbocycles. The molecule has 3 nitrogen and oxygen atoms in total. The third-order valence-electron chi connectivity index (χ3n) is 2.65. The van der Waals surface area contributed by atoms with Gasteiger partial charge in [-0.05, 0) is 19.4 Å². The topological polar surface area (TPSA) is 38.8 Å². The van der Waals surface area contributed by atoms with Gasteiger partial charge < -0.3 is 9.47 Å². The largest absolute Gasteiger partial charge is 0.464 e. The SMILES string of the molecule is CCOC(=O)C1O[C@@]1(C)c1ccccc1. The van der Waals surface area contributed by atoms with Crippen molar-refractivity contribution in [1.29, 1.82) is 0 Å². The predicted molar refractivity (Wildman–Crippen MR) is 55.3 cm³/mol. The van der Waals surface area contributed by atoms with Crippen LogP contribution in [0.1, 0.15) is 19.4 Å². The van der Waals surface area contributed by atoms with E-state index in [-0.39, 0.29) is 5.97 Å². The van der Waals surface area contributed by atoms with Gasteiger partial charge in [0.15, 0.2) is 6.10 Å². The molecule has 1 aliphatic heterocycles. The van der Waals surface area contributed by atoms with Gasteiger partial charge in [-0.15, -0.1) is 0 Å². The molecule has 3 heteroatoms. The number of esters is 1.